The van der Waals surface area contributed by atoms with Crippen LogP contribution in [0.25, 0.3) is 11.3 Å². The van der Waals surface area contributed by atoms with Crippen LogP contribution in [0, 0.1) is 0 Å². The van der Waals surface area contributed by atoms with Gasteiger partial charge in [-0.2, -0.15) is 0 Å². The number of hydrogen-bond acceptors (Lipinski definition) is 7. The molecule has 2 aromatic heterocycles. The largest absolute Gasteiger partial charge is 0.539 e. The molecule has 3 rings (SSSR count). The SMILES string of the molecule is C[n+]1noc([O-])c1C(=O)CSc1nc(-c2ccc(Cl)cc2)cs1. The lowest BCUT2D eigenvalue weighted by Gasteiger charge is -1.97. The third kappa shape index (κ3) is 3.54. The van der Waals surface area contributed by atoms with Gasteiger partial charge in [0.1, 0.15) is 0 Å². The highest BCUT2D eigenvalue weighted by atomic mass is 35.5. The third-order valence-corrected chi connectivity index (χ3v) is 5.25. The molecular formula is C14H10ClN3O3S2. The molecule has 0 aliphatic carbocycles. The second-order valence-electron chi connectivity index (χ2n) is 4.55. The molecule has 0 N–H and O–H groups in total. The molecule has 0 saturated carbocycles. The van der Waals surface area contributed by atoms with Gasteiger partial charge in [0.2, 0.25) is 5.78 Å². The van der Waals surface area contributed by atoms with Gasteiger partial charge < -0.3 is 9.63 Å². The van der Waals surface area contributed by atoms with Crippen molar-refractivity contribution in [3.8, 4) is 17.2 Å². The summed E-state index contributed by atoms with van der Waals surface area (Å²) in [4.78, 5) is 16.5. The van der Waals surface area contributed by atoms with Gasteiger partial charge in [-0.3, -0.25) is 4.79 Å². The smallest absolute Gasteiger partial charge is 0.300 e. The van der Waals surface area contributed by atoms with Gasteiger partial charge in [0, 0.05) is 16.0 Å². The van der Waals surface area contributed by atoms with Crippen molar-refractivity contribution < 1.29 is 19.1 Å². The van der Waals surface area contributed by atoms with E-state index in [1.807, 2.05) is 17.5 Å². The molecular weight excluding hydrogens is 358 g/mol. The lowest BCUT2D eigenvalue weighted by molar-refractivity contribution is -0.741. The lowest BCUT2D eigenvalue weighted by atomic mass is 10.2. The molecule has 23 heavy (non-hydrogen) atoms. The van der Waals surface area contributed by atoms with Gasteiger partial charge in [-0.15, -0.1) is 11.3 Å². The number of benzene rings is 1. The van der Waals surface area contributed by atoms with Crippen LogP contribution in [0.2, 0.25) is 5.02 Å². The fraction of sp³-hybridized carbons (Fsp3) is 0.143. The van der Waals surface area contributed by atoms with Crippen molar-refractivity contribution in [2.45, 2.75) is 4.34 Å². The van der Waals surface area contributed by atoms with Crippen molar-refractivity contribution in [1.82, 2.24) is 10.3 Å². The Hall–Kier alpha value is -1.90. The van der Waals surface area contributed by atoms with Gasteiger partial charge in [0.05, 0.1) is 16.7 Å². The van der Waals surface area contributed by atoms with Crippen LogP contribution in [0.4, 0.5) is 0 Å². The van der Waals surface area contributed by atoms with Crippen LogP contribution in [-0.4, -0.2) is 21.8 Å². The van der Waals surface area contributed by atoms with E-state index in [1.54, 1.807) is 12.1 Å². The molecule has 9 heteroatoms. The van der Waals surface area contributed by atoms with Crippen molar-refractivity contribution in [3.63, 3.8) is 0 Å². The molecule has 0 atom stereocenters. The number of aryl methyl sites for hydroxylation is 1. The minimum Gasteiger partial charge on any atom is -0.539 e. The Labute approximate surface area is 144 Å². The van der Waals surface area contributed by atoms with E-state index in [0.717, 1.165) is 20.3 Å². The second-order valence-corrected chi connectivity index (χ2v) is 7.07. The van der Waals surface area contributed by atoms with E-state index >= 15 is 0 Å². The highest BCUT2D eigenvalue weighted by Crippen LogP contribution is 2.29. The molecule has 0 aliphatic rings. The number of carbonyl (C=O) groups excluding carboxylic acids is 1. The van der Waals surface area contributed by atoms with Crippen LogP contribution in [0.15, 0.2) is 38.5 Å². The summed E-state index contributed by atoms with van der Waals surface area (Å²) >= 11 is 8.58. The topological polar surface area (TPSA) is 82.9 Å². The molecule has 0 aliphatic heterocycles. The van der Waals surface area contributed by atoms with E-state index in [2.05, 4.69) is 14.8 Å². The van der Waals surface area contributed by atoms with Gasteiger partial charge >= 0.3 is 0 Å². The number of aromatic nitrogens is 3. The van der Waals surface area contributed by atoms with Gasteiger partial charge in [0.15, 0.2) is 17.3 Å². The van der Waals surface area contributed by atoms with Crippen LogP contribution in [-0.2, 0) is 7.05 Å². The first-order valence-electron chi connectivity index (χ1n) is 6.45. The molecule has 118 valence electrons. The number of nitrogens with zero attached hydrogens (tertiary/aromatic N) is 3. The summed E-state index contributed by atoms with van der Waals surface area (Å²) in [7, 11) is 1.49. The summed E-state index contributed by atoms with van der Waals surface area (Å²) < 4.78 is 6.33. The van der Waals surface area contributed by atoms with Crippen molar-refractivity contribution >= 4 is 40.5 Å². The molecule has 0 spiro atoms. The molecule has 2 heterocycles. The molecule has 1 aromatic carbocycles. The molecule has 3 aromatic rings. The standard InChI is InChI=1S/C14H10ClN3O3S2/c1-18-12(13(20)21-17-18)11(19)7-23-14-16-10(6-22-14)8-2-4-9(15)5-3-8/h2-6H,7H2,1H3. The molecule has 0 fully saturated rings. The van der Waals surface area contributed by atoms with Crippen molar-refractivity contribution in [1.29, 1.82) is 0 Å². The summed E-state index contributed by atoms with van der Waals surface area (Å²) in [6, 6.07) is 7.37. The Kier molecular flexibility index (Phi) is 4.65. The number of rotatable bonds is 5. The van der Waals surface area contributed by atoms with Gasteiger partial charge in [-0.1, -0.05) is 40.2 Å². The van der Waals surface area contributed by atoms with Crippen molar-refractivity contribution in [2.75, 3.05) is 5.75 Å². The van der Waals surface area contributed by atoms with E-state index in [1.165, 1.54) is 30.1 Å². The maximum absolute atomic E-state index is 12.1. The van der Waals surface area contributed by atoms with E-state index in [9.17, 15) is 9.90 Å². The summed E-state index contributed by atoms with van der Waals surface area (Å²) in [6.07, 6.45) is 0. The Balaban J connectivity index is 1.68. The Morgan fingerprint density at radius 3 is 2.83 bits per heavy atom. The molecule has 0 bridgehead atoms. The van der Waals surface area contributed by atoms with Gasteiger partial charge in [0.25, 0.3) is 5.69 Å². The highest BCUT2D eigenvalue weighted by Gasteiger charge is 2.23. The monoisotopic (exact) mass is 367 g/mol. The predicted molar refractivity (Wildman–Crippen MR) is 84.7 cm³/mol. The Morgan fingerprint density at radius 1 is 1.43 bits per heavy atom. The Bertz CT molecular complexity index is 826. The second kappa shape index (κ2) is 6.69. The first-order valence-corrected chi connectivity index (χ1v) is 8.69. The average molecular weight is 368 g/mol. The third-order valence-electron chi connectivity index (χ3n) is 2.98. The molecule has 0 saturated heterocycles. The van der Waals surface area contributed by atoms with Crippen LogP contribution >= 0.6 is 34.7 Å². The number of ketones is 1. The van der Waals surface area contributed by atoms with E-state index in [-0.39, 0.29) is 17.2 Å². The molecule has 0 radical (unpaired) electrons. The predicted octanol–water partition coefficient (Wildman–Crippen LogP) is 2.32. The molecule has 0 amide bonds. The maximum Gasteiger partial charge on any atom is 0.300 e. The highest BCUT2D eigenvalue weighted by molar-refractivity contribution is 8.01. The zero-order valence-corrected chi connectivity index (χ0v) is 14.2. The average Bonchev–Trinajstić information content (AvgIpc) is 3.13. The normalized spacial score (nSPS) is 10.9. The summed E-state index contributed by atoms with van der Waals surface area (Å²) in [5.41, 5.74) is 1.71. The van der Waals surface area contributed by atoms with Gasteiger partial charge in [-0.25, -0.2) is 4.98 Å². The maximum atomic E-state index is 12.1. The van der Waals surface area contributed by atoms with Crippen molar-refractivity contribution in [2.24, 2.45) is 7.05 Å². The minimum absolute atomic E-state index is 0.0630. The van der Waals surface area contributed by atoms with Crippen LogP contribution in [0.3, 0.4) is 0 Å². The van der Waals surface area contributed by atoms with Crippen LogP contribution in [0.5, 0.6) is 5.95 Å². The van der Waals surface area contributed by atoms with Gasteiger partial charge in [-0.05, 0) is 12.1 Å². The number of carbonyl (C=O) groups is 1. The number of thioether (sulfide) groups is 1. The molecule has 0 unspecified atom stereocenters. The first-order chi connectivity index (χ1) is 11.0. The number of halogens is 1. The van der Waals surface area contributed by atoms with Crippen LogP contribution < -0.4 is 9.79 Å². The van der Waals surface area contributed by atoms with E-state index in [0.29, 0.717) is 5.02 Å². The van der Waals surface area contributed by atoms with E-state index < -0.39 is 5.95 Å². The Morgan fingerprint density at radius 2 is 2.17 bits per heavy atom. The fourth-order valence-electron chi connectivity index (χ4n) is 1.88. The quantitative estimate of drug-likeness (QED) is 0.391. The van der Waals surface area contributed by atoms with Crippen molar-refractivity contribution in [3.05, 3.63) is 40.4 Å². The minimum atomic E-state index is -0.723. The number of Topliss-reactive ketones (excluding diaryl/α,β-unsaturated/α-hetero) is 1. The number of thiazole rings is 1. The first kappa shape index (κ1) is 16.0. The van der Waals surface area contributed by atoms with E-state index in [4.69, 9.17) is 11.6 Å². The lowest BCUT2D eigenvalue weighted by Crippen LogP contribution is -2.37. The fourth-order valence-corrected chi connectivity index (χ4v) is 3.71. The van der Waals surface area contributed by atoms with Crippen LogP contribution in [0.1, 0.15) is 10.5 Å². The zero-order chi connectivity index (χ0) is 16.4. The summed E-state index contributed by atoms with van der Waals surface area (Å²) in [5.74, 6) is -0.969. The molecule has 6 nitrogen and oxygen atoms in total. The zero-order valence-electron chi connectivity index (χ0n) is 11.9. The summed E-state index contributed by atoms with van der Waals surface area (Å²) in [5, 5.41) is 17.4. The summed E-state index contributed by atoms with van der Waals surface area (Å²) in [6.45, 7) is 0. The number of hydrogen-bond donors (Lipinski definition) is 0.